The van der Waals surface area contributed by atoms with Crippen LogP contribution in [0.25, 0.3) is 11.3 Å². The lowest BCUT2D eigenvalue weighted by molar-refractivity contribution is -0.137. The second-order valence-corrected chi connectivity index (χ2v) is 8.37. The molecule has 0 atom stereocenters. The average molecular weight is 410 g/mol. The van der Waals surface area contributed by atoms with Crippen LogP contribution in [0.1, 0.15) is 12.5 Å². The minimum Gasteiger partial charge on any atom is -0.340 e. The molecule has 0 saturated carbocycles. The number of pyridine rings is 1. The summed E-state index contributed by atoms with van der Waals surface area (Å²) >= 11 is 0. The Morgan fingerprint density at radius 1 is 1.14 bits per heavy atom. The molecule has 0 aliphatic rings. The Morgan fingerprint density at radius 3 is 2.50 bits per heavy atom. The van der Waals surface area contributed by atoms with E-state index in [4.69, 9.17) is 0 Å². The standard InChI is InChI=1S/C18H17F3N4O2S/c1-3-28(26,27)13-4-5-15(14(9-13)16-10-25(2)11-23-16)24-17-8-12(6-7-22-17)18(19,20)21/h4-11H,3H2,1-2H3,(H,22,24). The van der Waals surface area contributed by atoms with Gasteiger partial charge in [0.05, 0.1) is 28.2 Å². The van der Waals surface area contributed by atoms with E-state index < -0.39 is 21.6 Å². The van der Waals surface area contributed by atoms with Gasteiger partial charge in [0.25, 0.3) is 0 Å². The smallest absolute Gasteiger partial charge is 0.340 e. The average Bonchev–Trinajstić information content (AvgIpc) is 3.07. The Hall–Kier alpha value is -2.88. The fraction of sp³-hybridized carbons (Fsp3) is 0.222. The van der Waals surface area contributed by atoms with Gasteiger partial charge in [0.2, 0.25) is 0 Å². The van der Waals surface area contributed by atoms with E-state index in [9.17, 15) is 21.6 Å². The quantitative estimate of drug-likeness (QED) is 0.687. The monoisotopic (exact) mass is 410 g/mol. The van der Waals surface area contributed by atoms with Crippen LogP contribution >= 0.6 is 0 Å². The highest BCUT2D eigenvalue weighted by molar-refractivity contribution is 7.91. The van der Waals surface area contributed by atoms with Crippen LogP contribution in [0, 0.1) is 0 Å². The van der Waals surface area contributed by atoms with Crippen LogP contribution in [0.3, 0.4) is 0 Å². The zero-order chi connectivity index (χ0) is 20.5. The van der Waals surface area contributed by atoms with Crippen molar-refractivity contribution in [3.05, 3.63) is 54.6 Å². The lowest BCUT2D eigenvalue weighted by Gasteiger charge is -2.14. The molecule has 28 heavy (non-hydrogen) atoms. The zero-order valence-electron chi connectivity index (χ0n) is 15.0. The van der Waals surface area contributed by atoms with Crippen LogP contribution in [0.15, 0.2) is 53.9 Å². The summed E-state index contributed by atoms with van der Waals surface area (Å²) in [5, 5.41) is 2.83. The van der Waals surface area contributed by atoms with Gasteiger partial charge in [-0.05, 0) is 30.3 Å². The lowest BCUT2D eigenvalue weighted by atomic mass is 10.1. The highest BCUT2D eigenvalue weighted by Gasteiger charge is 2.30. The van der Waals surface area contributed by atoms with Crippen molar-refractivity contribution in [2.75, 3.05) is 11.1 Å². The Bertz CT molecular complexity index is 1110. The van der Waals surface area contributed by atoms with E-state index in [1.807, 2.05) is 0 Å². The summed E-state index contributed by atoms with van der Waals surface area (Å²) in [4.78, 5) is 8.25. The third-order valence-corrected chi connectivity index (χ3v) is 5.79. The van der Waals surface area contributed by atoms with Gasteiger partial charge in [0.15, 0.2) is 9.84 Å². The highest BCUT2D eigenvalue weighted by Crippen LogP contribution is 2.34. The molecule has 0 amide bonds. The largest absolute Gasteiger partial charge is 0.416 e. The molecular weight excluding hydrogens is 393 g/mol. The van der Waals surface area contributed by atoms with Crippen LogP contribution in [-0.4, -0.2) is 28.7 Å². The normalized spacial score (nSPS) is 12.2. The zero-order valence-corrected chi connectivity index (χ0v) is 15.8. The van der Waals surface area contributed by atoms with E-state index in [1.54, 1.807) is 24.1 Å². The van der Waals surface area contributed by atoms with Crippen LogP contribution in [0.4, 0.5) is 24.7 Å². The fourth-order valence-electron chi connectivity index (χ4n) is 2.57. The molecule has 2 heterocycles. The van der Waals surface area contributed by atoms with Crippen LogP contribution in [0.2, 0.25) is 0 Å². The maximum absolute atomic E-state index is 12.9. The van der Waals surface area contributed by atoms with Crippen molar-refractivity contribution < 1.29 is 21.6 Å². The molecule has 0 aliphatic carbocycles. The minimum absolute atomic E-state index is 0.0156. The number of alkyl halides is 3. The number of aromatic nitrogens is 3. The molecular formula is C18H17F3N4O2S. The Balaban J connectivity index is 2.08. The van der Waals surface area contributed by atoms with Gasteiger partial charge in [-0.25, -0.2) is 18.4 Å². The van der Waals surface area contributed by atoms with Crippen LogP contribution in [-0.2, 0) is 23.1 Å². The highest BCUT2D eigenvalue weighted by atomic mass is 32.2. The van der Waals surface area contributed by atoms with Crippen molar-refractivity contribution in [2.45, 2.75) is 18.0 Å². The number of aryl methyl sites for hydroxylation is 1. The second-order valence-electron chi connectivity index (χ2n) is 6.09. The number of nitrogens with one attached hydrogen (secondary N) is 1. The van der Waals surface area contributed by atoms with E-state index >= 15 is 0 Å². The summed E-state index contributed by atoms with van der Waals surface area (Å²) in [5.74, 6) is -0.0884. The summed E-state index contributed by atoms with van der Waals surface area (Å²) in [6.45, 7) is 1.54. The number of halogens is 3. The molecule has 0 bridgehead atoms. The van der Waals surface area contributed by atoms with Crippen molar-refractivity contribution in [1.29, 1.82) is 0 Å². The maximum Gasteiger partial charge on any atom is 0.416 e. The van der Waals surface area contributed by atoms with Crippen molar-refractivity contribution in [2.24, 2.45) is 7.05 Å². The first-order valence-corrected chi connectivity index (χ1v) is 9.91. The summed E-state index contributed by atoms with van der Waals surface area (Å²) in [6, 6.07) is 6.12. The maximum atomic E-state index is 12.9. The number of nitrogens with zero attached hydrogens (tertiary/aromatic N) is 3. The van der Waals surface area contributed by atoms with Gasteiger partial charge < -0.3 is 9.88 Å². The van der Waals surface area contributed by atoms with E-state index in [2.05, 4.69) is 15.3 Å². The van der Waals surface area contributed by atoms with Crippen molar-refractivity contribution >= 4 is 21.3 Å². The molecule has 1 N–H and O–H groups in total. The summed E-state index contributed by atoms with van der Waals surface area (Å²) < 4.78 is 65.0. The molecule has 0 aliphatic heterocycles. The molecule has 0 saturated heterocycles. The van der Waals surface area contributed by atoms with Gasteiger partial charge in [-0.3, -0.25) is 0 Å². The van der Waals surface area contributed by atoms with Crippen molar-refractivity contribution in [3.63, 3.8) is 0 Å². The number of imidazole rings is 1. The number of hydrogen-bond donors (Lipinski definition) is 1. The Morgan fingerprint density at radius 2 is 1.89 bits per heavy atom. The van der Waals surface area contributed by atoms with E-state index in [1.165, 1.54) is 25.1 Å². The lowest BCUT2D eigenvalue weighted by Crippen LogP contribution is -2.07. The predicted octanol–water partition coefficient (Wildman–Crippen LogP) is 4.04. The molecule has 148 valence electrons. The molecule has 1 aromatic carbocycles. The van der Waals surface area contributed by atoms with Crippen molar-refractivity contribution in [3.8, 4) is 11.3 Å². The number of hydrogen-bond acceptors (Lipinski definition) is 5. The second kappa shape index (κ2) is 7.27. The molecule has 3 rings (SSSR count). The summed E-state index contributed by atoms with van der Waals surface area (Å²) in [5.41, 5.74) is 0.467. The van der Waals surface area contributed by atoms with Crippen molar-refractivity contribution in [1.82, 2.24) is 14.5 Å². The Kier molecular flexibility index (Phi) is 5.16. The summed E-state index contributed by atoms with van der Waals surface area (Å²) in [7, 11) is -1.71. The van der Waals surface area contributed by atoms with Gasteiger partial charge in [-0.1, -0.05) is 6.92 Å². The first-order chi connectivity index (χ1) is 13.1. The Labute approximate surface area is 160 Å². The molecule has 0 spiro atoms. The van der Waals surface area contributed by atoms with Gasteiger partial charge >= 0.3 is 6.18 Å². The fourth-order valence-corrected chi connectivity index (χ4v) is 3.48. The third kappa shape index (κ3) is 4.16. The van der Waals surface area contributed by atoms with Crippen LogP contribution in [0.5, 0.6) is 0 Å². The topological polar surface area (TPSA) is 76.9 Å². The van der Waals surface area contributed by atoms with E-state index in [0.717, 1.165) is 18.3 Å². The third-order valence-electron chi connectivity index (χ3n) is 4.06. The summed E-state index contributed by atoms with van der Waals surface area (Å²) in [6.07, 6.45) is -0.213. The van der Waals surface area contributed by atoms with E-state index in [0.29, 0.717) is 16.9 Å². The number of sulfone groups is 1. The minimum atomic E-state index is -4.50. The number of benzene rings is 1. The molecule has 10 heteroatoms. The van der Waals surface area contributed by atoms with Gasteiger partial charge in [0.1, 0.15) is 5.82 Å². The molecule has 0 unspecified atom stereocenters. The number of rotatable bonds is 5. The van der Waals surface area contributed by atoms with Crippen LogP contribution < -0.4 is 5.32 Å². The molecule has 6 nitrogen and oxygen atoms in total. The first-order valence-electron chi connectivity index (χ1n) is 8.25. The van der Waals surface area contributed by atoms with Gasteiger partial charge in [-0.2, -0.15) is 13.2 Å². The number of anilines is 2. The molecule has 0 fully saturated rings. The van der Waals surface area contributed by atoms with Gasteiger partial charge in [-0.15, -0.1) is 0 Å². The molecule has 2 aromatic heterocycles. The van der Waals surface area contributed by atoms with Gasteiger partial charge in [0, 0.05) is 30.7 Å². The molecule has 0 radical (unpaired) electrons. The SMILES string of the molecule is CCS(=O)(=O)c1ccc(Nc2cc(C(F)(F)F)ccn2)c(-c2cn(C)cn2)c1. The first kappa shape index (κ1) is 19.9. The predicted molar refractivity (Wildman–Crippen MR) is 98.9 cm³/mol. The van der Waals surface area contributed by atoms with E-state index in [-0.39, 0.29) is 16.5 Å². The molecule has 3 aromatic rings.